The van der Waals surface area contributed by atoms with E-state index in [-0.39, 0.29) is 37.2 Å². The first-order chi connectivity index (χ1) is 3.93. The predicted molar refractivity (Wildman–Crippen MR) is 54.6 cm³/mol. The minimum Gasteiger partial charge on any atom is -0.540 e. The Balaban J connectivity index is -0.000000213. The van der Waals surface area contributed by atoms with Gasteiger partial charge in [-0.05, 0) is 12.1 Å². The molecule has 0 fully saturated rings. The summed E-state index contributed by atoms with van der Waals surface area (Å²) < 4.78 is 4.72. The summed E-state index contributed by atoms with van der Waals surface area (Å²) in [4.78, 5) is 0. The van der Waals surface area contributed by atoms with Crippen LogP contribution in [0.4, 0.5) is 0 Å². The van der Waals surface area contributed by atoms with Crippen molar-refractivity contribution in [2.24, 2.45) is 0 Å². The Hall–Kier alpha value is 0.107. The van der Waals surface area contributed by atoms with Gasteiger partial charge in [-0.3, -0.25) is 0 Å². The van der Waals surface area contributed by atoms with Crippen LogP contribution < -0.4 is 4.43 Å². The number of hydrogen-bond acceptors (Lipinski definition) is 1. The van der Waals surface area contributed by atoms with E-state index in [1.165, 1.54) is 0 Å². The second-order valence-corrected chi connectivity index (χ2v) is 1.62. The Morgan fingerprint density at radius 3 is 1.64 bits per heavy atom. The fourth-order valence-electron chi connectivity index (χ4n) is 0.489. The van der Waals surface area contributed by atoms with Crippen molar-refractivity contribution in [3.05, 3.63) is 30.3 Å². The number of hydrogen-bond donors (Lipinski definition) is 0. The molecule has 1 nitrogen and oxygen atoms in total. The van der Waals surface area contributed by atoms with Crippen LogP contribution in [0.2, 0.25) is 0 Å². The summed E-state index contributed by atoms with van der Waals surface area (Å²) in [6, 6.07) is 9.50. The van der Waals surface area contributed by atoms with Crippen molar-refractivity contribution < 1.29 is 4.43 Å². The van der Waals surface area contributed by atoms with Crippen LogP contribution in [-0.4, -0.2) is 10.5 Å². The van der Waals surface area contributed by atoms with Gasteiger partial charge in [-0.1, -0.05) is 18.2 Å². The zero-order chi connectivity index (χ0) is 5.82. The van der Waals surface area contributed by atoms with Gasteiger partial charge in [0.2, 0.25) is 0 Å². The molecule has 0 N–H and O–H groups in total. The molecule has 0 aliphatic heterocycles. The molecule has 0 bridgehead atoms. The molecule has 0 unspecified atom stereocenters. The highest BCUT2D eigenvalue weighted by atomic mass is 35.5. The number of halogens is 3. The maximum atomic E-state index is 4.72. The molecule has 5 heteroatoms. The normalized spacial score (nSPS) is 6.27. The van der Waals surface area contributed by atoms with E-state index in [9.17, 15) is 0 Å². The van der Waals surface area contributed by atoms with Gasteiger partial charge in [0.05, 0.1) is 0 Å². The van der Waals surface area contributed by atoms with Crippen molar-refractivity contribution in [3.8, 4) is 5.75 Å². The highest BCUT2D eigenvalue weighted by molar-refractivity contribution is 5.99. The Labute approximate surface area is 88.3 Å². The Morgan fingerprint density at radius 2 is 1.36 bits per heavy atom. The molecule has 0 spiro atoms. The number of rotatable bonds is 1. The maximum Gasteiger partial charge on any atom is 0.341 e. The molecule has 0 aliphatic rings. The summed E-state index contributed by atoms with van der Waals surface area (Å²) in [5, 5.41) is 0. The van der Waals surface area contributed by atoms with Crippen LogP contribution in [0, 0.1) is 0 Å². The van der Waals surface area contributed by atoms with E-state index < -0.39 is 0 Å². The maximum absolute atomic E-state index is 4.72. The van der Waals surface area contributed by atoms with E-state index in [1.54, 1.807) is 0 Å². The smallest absolute Gasteiger partial charge is 0.341 e. The topological polar surface area (TPSA) is 9.23 Å². The molecule has 11 heavy (non-hydrogen) atoms. The number of benzene rings is 1. The Kier molecular flexibility index (Phi) is 15.9. The quantitative estimate of drug-likeness (QED) is 0.674. The first-order valence-corrected chi connectivity index (χ1v) is 2.73. The molecule has 1 aromatic rings. The standard InChI is InChI=1S/C6H5OSi.3ClH/c8-7-6-4-2-1-3-5-6;;;/h1-5H;3*1H. The van der Waals surface area contributed by atoms with Crippen molar-refractivity contribution in [3.63, 3.8) is 0 Å². The third kappa shape index (κ3) is 6.50. The van der Waals surface area contributed by atoms with Crippen LogP contribution in [0.5, 0.6) is 5.75 Å². The highest BCUT2D eigenvalue weighted by Crippen LogP contribution is 2.05. The average Bonchev–Trinajstić information content (AvgIpc) is 1.90. The van der Waals surface area contributed by atoms with E-state index in [0.29, 0.717) is 0 Å². The van der Waals surface area contributed by atoms with Crippen LogP contribution >= 0.6 is 37.2 Å². The van der Waals surface area contributed by atoms with Gasteiger partial charge in [0, 0.05) is 0 Å². The molecule has 0 saturated carbocycles. The first-order valence-electron chi connectivity index (χ1n) is 2.32. The van der Waals surface area contributed by atoms with Crippen molar-refractivity contribution in [1.29, 1.82) is 0 Å². The van der Waals surface area contributed by atoms with Gasteiger partial charge in [0.25, 0.3) is 0 Å². The predicted octanol–water partition coefficient (Wildman–Crippen LogP) is 2.41. The van der Waals surface area contributed by atoms with Gasteiger partial charge in [0.1, 0.15) is 5.75 Å². The average molecular weight is 231 g/mol. The molecule has 0 aliphatic carbocycles. The van der Waals surface area contributed by atoms with E-state index in [1.807, 2.05) is 30.3 Å². The zero-order valence-corrected chi connectivity index (χ0v) is 8.97. The lowest BCUT2D eigenvalue weighted by atomic mass is 10.3. The Morgan fingerprint density at radius 1 is 0.909 bits per heavy atom. The van der Waals surface area contributed by atoms with E-state index in [4.69, 9.17) is 4.43 Å². The lowest BCUT2D eigenvalue weighted by molar-refractivity contribution is 0.616. The molecule has 0 heterocycles. The second kappa shape index (κ2) is 10.1. The van der Waals surface area contributed by atoms with E-state index in [2.05, 4.69) is 10.5 Å². The van der Waals surface area contributed by atoms with Crippen LogP contribution in [0.25, 0.3) is 0 Å². The Bertz CT molecular complexity index is 159. The summed E-state index contributed by atoms with van der Waals surface area (Å²) in [5.41, 5.74) is 0. The van der Waals surface area contributed by atoms with Crippen LogP contribution in [0.1, 0.15) is 0 Å². The third-order valence-corrected chi connectivity index (χ3v) is 1.10. The van der Waals surface area contributed by atoms with Gasteiger partial charge in [0.15, 0.2) is 0 Å². The SMILES string of the molecule is Cl.Cl.Cl.[Si]Oc1ccccc1. The summed E-state index contributed by atoms with van der Waals surface area (Å²) in [7, 11) is 2.90. The molecule has 3 radical (unpaired) electrons. The molecule has 0 atom stereocenters. The second-order valence-electron chi connectivity index (χ2n) is 1.42. The summed E-state index contributed by atoms with van der Waals surface area (Å²) in [5.74, 6) is 0.823. The van der Waals surface area contributed by atoms with E-state index in [0.717, 1.165) is 5.75 Å². The van der Waals surface area contributed by atoms with Crippen molar-refractivity contribution in [2.75, 3.05) is 0 Å². The van der Waals surface area contributed by atoms with Gasteiger partial charge in [-0.2, -0.15) is 0 Å². The van der Waals surface area contributed by atoms with Crippen LogP contribution in [-0.2, 0) is 0 Å². The highest BCUT2D eigenvalue weighted by Gasteiger charge is 1.80. The molecule has 0 aromatic heterocycles. The summed E-state index contributed by atoms with van der Waals surface area (Å²) >= 11 is 0. The van der Waals surface area contributed by atoms with Crippen LogP contribution in [0.15, 0.2) is 30.3 Å². The molecular weight excluding hydrogens is 223 g/mol. The van der Waals surface area contributed by atoms with Gasteiger partial charge >= 0.3 is 10.5 Å². The lowest BCUT2D eigenvalue weighted by Crippen LogP contribution is -1.81. The number of para-hydroxylation sites is 1. The van der Waals surface area contributed by atoms with Crippen molar-refractivity contribution >= 4 is 47.7 Å². The minimum absolute atomic E-state index is 0. The zero-order valence-electron chi connectivity index (χ0n) is 5.52. The monoisotopic (exact) mass is 229 g/mol. The summed E-state index contributed by atoms with van der Waals surface area (Å²) in [6.45, 7) is 0. The molecule has 1 rings (SSSR count). The molecule has 63 valence electrons. The molecule has 1 aromatic carbocycles. The van der Waals surface area contributed by atoms with E-state index >= 15 is 0 Å². The minimum atomic E-state index is 0. The van der Waals surface area contributed by atoms with Crippen LogP contribution in [0.3, 0.4) is 0 Å². The van der Waals surface area contributed by atoms with Gasteiger partial charge < -0.3 is 4.43 Å². The first kappa shape index (κ1) is 17.3. The summed E-state index contributed by atoms with van der Waals surface area (Å²) in [6.07, 6.45) is 0. The molecule has 0 amide bonds. The van der Waals surface area contributed by atoms with Crippen molar-refractivity contribution in [2.45, 2.75) is 0 Å². The fraction of sp³-hybridized carbons (Fsp3) is 0. The van der Waals surface area contributed by atoms with Gasteiger partial charge in [-0.15, -0.1) is 37.2 Å². The van der Waals surface area contributed by atoms with Crippen molar-refractivity contribution in [1.82, 2.24) is 0 Å². The lowest BCUT2D eigenvalue weighted by Gasteiger charge is -1.93. The fourth-order valence-corrected chi connectivity index (χ4v) is 0.625. The third-order valence-electron chi connectivity index (χ3n) is 0.861. The largest absolute Gasteiger partial charge is 0.540 e. The van der Waals surface area contributed by atoms with Gasteiger partial charge in [-0.25, -0.2) is 0 Å². The molecule has 0 saturated heterocycles. The molecular formula is C6H8Cl3OSi.